The van der Waals surface area contributed by atoms with Crippen molar-refractivity contribution in [3.8, 4) is 10.7 Å². The molecule has 0 radical (unpaired) electrons. The van der Waals surface area contributed by atoms with Gasteiger partial charge in [-0.15, -0.1) is 11.3 Å². The number of hydrogen-bond donors (Lipinski definition) is 1. The summed E-state index contributed by atoms with van der Waals surface area (Å²) >= 11 is 7.90. The lowest BCUT2D eigenvalue weighted by atomic mass is 10.2. The third-order valence-electron chi connectivity index (χ3n) is 2.90. The summed E-state index contributed by atoms with van der Waals surface area (Å²) in [6, 6.07) is 4.17. The van der Waals surface area contributed by atoms with Crippen LogP contribution in [0.3, 0.4) is 0 Å². The van der Waals surface area contributed by atoms with Crippen molar-refractivity contribution in [2.75, 3.05) is 0 Å². The van der Waals surface area contributed by atoms with Crippen molar-refractivity contribution in [1.82, 2.24) is 15.3 Å². The second kappa shape index (κ2) is 7.16. The number of hydrogen-bond acceptors (Lipinski definition) is 4. The van der Waals surface area contributed by atoms with Crippen LogP contribution in [-0.2, 0) is 13.0 Å². The predicted molar refractivity (Wildman–Crippen MR) is 86.3 cm³/mol. The molecule has 0 aliphatic rings. The lowest BCUT2D eigenvalue weighted by molar-refractivity contribution is 0.589. The average Bonchev–Trinajstić information content (AvgIpc) is 2.80. The molecule has 0 fully saturated rings. The summed E-state index contributed by atoms with van der Waals surface area (Å²) in [6.45, 7) is 7.33. The van der Waals surface area contributed by atoms with Crippen molar-refractivity contribution in [2.45, 2.75) is 46.2 Å². The van der Waals surface area contributed by atoms with Crippen molar-refractivity contribution in [2.24, 2.45) is 0 Å². The first-order valence-corrected chi connectivity index (χ1v) is 8.14. The highest BCUT2D eigenvalue weighted by atomic mass is 35.5. The van der Waals surface area contributed by atoms with Gasteiger partial charge in [0.05, 0.1) is 10.7 Å². The van der Waals surface area contributed by atoms with Crippen LogP contribution < -0.4 is 5.32 Å². The molecule has 0 spiro atoms. The van der Waals surface area contributed by atoms with Crippen molar-refractivity contribution in [1.29, 1.82) is 0 Å². The van der Waals surface area contributed by atoms with Crippen LogP contribution in [-0.4, -0.2) is 16.0 Å². The molecular weight excluding hydrogens is 290 g/mol. The van der Waals surface area contributed by atoms with Crippen molar-refractivity contribution in [3.63, 3.8) is 0 Å². The van der Waals surface area contributed by atoms with Gasteiger partial charge in [0, 0.05) is 23.7 Å². The third-order valence-corrected chi connectivity index (χ3v) is 4.31. The zero-order chi connectivity index (χ0) is 14.5. The molecule has 0 aliphatic carbocycles. The SMILES string of the molecule is CCCc1nc(-c2ncccc2Cl)sc1CNC(C)C. The van der Waals surface area contributed by atoms with Gasteiger partial charge in [0.1, 0.15) is 10.7 Å². The molecule has 5 heteroatoms. The van der Waals surface area contributed by atoms with Gasteiger partial charge in [0.2, 0.25) is 0 Å². The van der Waals surface area contributed by atoms with Crippen LogP contribution in [0.5, 0.6) is 0 Å². The van der Waals surface area contributed by atoms with Crippen LogP contribution in [0.2, 0.25) is 5.02 Å². The quantitative estimate of drug-likeness (QED) is 0.864. The molecule has 0 aromatic carbocycles. The number of nitrogens with zero attached hydrogens (tertiary/aromatic N) is 2. The van der Waals surface area contributed by atoms with Gasteiger partial charge < -0.3 is 5.32 Å². The molecule has 2 aromatic heterocycles. The lowest BCUT2D eigenvalue weighted by Crippen LogP contribution is -2.21. The minimum absolute atomic E-state index is 0.466. The van der Waals surface area contributed by atoms with E-state index >= 15 is 0 Å². The summed E-state index contributed by atoms with van der Waals surface area (Å²) in [5.41, 5.74) is 1.95. The Kier molecular flexibility index (Phi) is 5.52. The monoisotopic (exact) mass is 309 g/mol. The molecule has 108 valence electrons. The normalized spacial score (nSPS) is 11.2. The zero-order valence-electron chi connectivity index (χ0n) is 12.1. The second-order valence-electron chi connectivity index (χ2n) is 5.01. The highest BCUT2D eigenvalue weighted by Gasteiger charge is 2.15. The van der Waals surface area contributed by atoms with Crippen LogP contribution in [0.1, 0.15) is 37.8 Å². The summed E-state index contributed by atoms with van der Waals surface area (Å²) < 4.78 is 0. The molecule has 2 aromatic rings. The highest BCUT2D eigenvalue weighted by Crippen LogP contribution is 2.31. The Labute approximate surface area is 129 Å². The molecule has 0 atom stereocenters. The fourth-order valence-corrected chi connectivity index (χ4v) is 3.23. The first kappa shape index (κ1) is 15.4. The number of aryl methyl sites for hydroxylation is 1. The maximum atomic E-state index is 6.21. The molecular formula is C15H20ClN3S. The first-order chi connectivity index (χ1) is 9.61. The number of pyridine rings is 1. The van der Waals surface area contributed by atoms with Crippen LogP contribution in [0.25, 0.3) is 10.7 Å². The lowest BCUT2D eigenvalue weighted by Gasteiger charge is -2.07. The number of rotatable bonds is 6. The number of nitrogens with one attached hydrogen (secondary N) is 1. The minimum atomic E-state index is 0.466. The van der Waals surface area contributed by atoms with Gasteiger partial charge in [0.15, 0.2) is 0 Å². The Hall–Kier alpha value is -0.970. The smallest absolute Gasteiger partial charge is 0.143 e. The van der Waals surface area contributed by atoms with Crippen LogP contribution in [0.4, 0.5) is 0 Å². The van der Waals surface area contributed by atoms with E-state index in [-0.39, 0.29) is 0 Å². The second-order valence-corrected chi connectivity index (χ2v) is 6.50. The standard InChI is InChI=1S/C15H20ClN3S/c1-4-6-12-13(9-18-10(2)3)20-15(19-12)14-11(16)7-5-8-17-14/h5,7-8,10,18H,4,6,9H2,1-3H3. The predicted octanol–water partition coefficient (Wildman–Crippen LogP) is 4.31. The topological polar surface area (TPSA) is 37.8 Å². The van der Waals surface area contributed by atoms with E-state index in [0.29, 0.717) is 11.1 Å². The molecule has 0 amide bonds. The average molecular weight is 310 g/mol. The van der Waals surface area contributed by atoms with E-state index in [1.807, 2.05) is 12.1 Å². The Balaban J connectivity index is 2.31. The van der Waals surface area contributed by atoms with Crippen LogP contribution in [0, 0.1) is 0 Å². The molecule has 0 bridgehead atoms. The molecule has 2 rings (SSSR count). The summed E-state index contributed by atoms with van der Waals surface area (Å²) in [5, 5.41) is 5.03. The molecule has 3 nitrogen and oxygen atoms in total. The summed E-state index contributed by atoms with van der Waals surface area (Å²) in [7, 11) is 0. The molecule has 1 N–H and O–H groups in total. The van der Waals surface area contributed by atoms with Crippen LogP contribution >= 0.6 is 22.9 Å². The number of thiazole rings is 1. The van der Waals surface area contributed by atoms with E-state index in [2.05, 4.69) is 31.1 Å². The Morgan fingerprint density at radius 2 is 2.20 bits per heavy atom. The van der Waals surface area contributed by atoms with Gasteiger partial charge in [-0.2, -0.15) is 0 Å². The van der Waals surface area contributed by atoms with Gasteiger partial charge >= 0.3 is 0 Å². The fraction of sp³-hybridized carbons (Fsp3) is 0.467. The van der Waals surface area contributed by atoms with Crippen molar-refractivity contribution in [3.05, 3.63) is 33.9 Å². The first-order valence-electron chi connectivity index (χ1n) is 6.94. The molecule has 2 heterocycles. The van der Waals surface area contributed by atoms with E-state index in [9.17, 15) is 0 Å². The third kappa shape index (κ3) is 3.78. The summed E-state index contributed by atoms with van der Waals surface area (Å²) in [4.78, 5) is 10.4. The van der Waals surface area contributed by atoms with Crippen LogP contribution in [0.15, 0.2) is 18.3 Å². The van der Waals surface area contributed by atoms with Gasteiger partial charge in [-0.3, -0.25) is 4.98 Å². The fourth-order valence-electron chi connectivity index (χ4n) is 1.89. The number of halogens is 1. The number of aromatic nitrogens is 2. The Morgan fingerprint density at radius 3 is 2.85 bits per heavy atom. The molecule has 20 heavy (non-hydrogen) atoms. The van der Waals surface area contributed by atoms with E-state index in [4.69, 9.17) is 16.6 Å². The Morgan fingerprint density at radius 1 is 1.40 bits per heavy atom. The Bertz CT molecular complexity index is 566. The van der Waals surface area contributed by atoms with Gasteiger partial charge in [0.25, 0.3) is 0 Å². The van der Waals surface area contributed by atoms with Gasteiger partial charge in [-0.05, 0) is 18.6 Å². The minimum Gasteiger partial charge on any atom is -0.310 e. The highest BCUT2D eigenvalue weighted by molar-refractivity contribution is 7.15. The van der Waals surface area contributed by atoms with E-state index < -0.39 is 0 Å². The molecule has 0 saturated carbocycles. The molecule has 0 aliphatic heterocycles. The van der Waals surface area contributed by atoms with Gasteiger partial charge in [-0.1, -0.05) is 38.8 Å². The maximum Gasteiger partial charge on any atom is 0.143 e. The zero-order valence-corrected chi connectivity index (χ0v) is 13.7. The molecule has 0 saturated heterocycles. The van der Waals surface area contributed by atoms with Gasteiger partial charge in [-0.25, -0.2) is 4.98 Å². The van der Waals surface area contributed by atoms with Crippen molar-refractivity contribution < 1.29 is 0 Å². The maximum absolute atomic E-state index is 6.21. The summed E-state index contributed by atoms with van der Waals surface area (Å²) in [5.74, 6) is 0. The van der Waals surface area contributed by atoms with Crippen molar-refractivity contribution >= 4 is 22.9 Å². The largest absolute Gasteiger partial charge is 0.310 e. The van der Waals surface area contributed by atoms with E-state index in [1.165, 1.54) is 10.6 Å². The van der Waals surface area contributed by atoms with E-state index in [1.54, 1.807) is 17.5 Å². The molecule has 0 unspecified atom stereocenters. The van der Waals surface area contributed by atoms with E-state index in [0.717, 1.165) is 30.1 Å². The summed E-state index contributed by atoms with van der Waals surface area (Å²) in [6.07, 6.45) is 3.85.